The van der Waals surface area contributed by atoms with Crippen molar-refractivity contribution in [1.82, 2.24) is 4.90 Å². The van der Waals surface area contributed by atoms with Gasteiger partial charge in [0.1, 0.15) is 0 Å². The molecule has 3 heteroatoms. The van der Waals surface area contributed by atoms with Crippen LogP contribution in [-0.4, -0.2) is 16.3 Å². The van der Waals surface area contributed by atoms with Crippen molar-refractivity contribution in [3.05, 3.63) is 108 Å². The molecule has 3 rings (SSSR count). The van der Waals surface area contributed by atoms with E-state index < -0.39 is 0 Å². The van der Waals surface area contributed by atoms with Crippen LogP contribution in [0.15, 0.2) is 96.2 Å². The van der Waals surface area contributed by atoms with Crippen LogP contribution in [0.3, 0.4) is 0 Å². The molecule has 0 saturated heterocycles. The van der Waals surface area contributed by atoms with E-state index in [0.29, 0.717) is 0 Å². The van der Waals surface area contributed by atoms with Gasteiger partial charge >= 0.3 is 0 Å². The molecule has 0 radical (unpaired) electrons. The lowest BCUT2D eigenvalue weighted by Crippen LogP contribution is -2.29. The third kappa shape index (κ3) is 4.78. The van der Waals surface area contributed by atoms with E-state index in [-0.39, 0.29) is 6.04 Å². The van der Waals surface area contributed by atoms with Gasteiger partial charge in [-0.15, -0.1) is 5.16 Å². The normalized spacial score (nSPS) is 12.5. The van der Waals surface area contributed by atoms with Gasteiger partial charge in [0.05, 0.1) is 12.3 Å². The molecule has 3 aromatic rings. The molecule has 3 nitrogen and oxygen atoms in total. The van der Waals surface area contributed by atoms with Gasteiger partial charge in [0.15, 0.2) is 0 Å². The summed E-state index contributed by atoms with van der Waals surface area (Å²) in [7, 11) is 0. The summed E-state index contributed by atoms with van der Waals surface area (Å²) in [4.78, 5) is 2.31. The van der Waals surface area contributed by atoms with Crippen LogP contribution in [0.4, 0.5) is 0 Å². The molecule has 1 N–H and O–H groups in total. The number of rotatable bonds is 7. The predicted molar refractivity (Wildman–Crippen MR) is 102 cm³/mol. The van der Waals surface area contributed by atoms with Crippen molar-refractivity contribution in [2.24, 2.45) is 5.16 Å². The molecular weight excluding hydrogens is 308 g/mol. The maximum Gasteiger partial charge on any atom is 0.0745 e. The van der Waals surface area contributed by atoms with Crippen LogP contribution in [0.1, 0.15) is 22.7 Å². The standard InChI is InChI=1S/C22H22N2O/c25-23-16-22(21-14-8-3-9-15-21)24(17-19-10-4-1-5-11-19)18-20-12-6-2-7-13-20/h1-16,22,25H,17-18H2/b23-16-. The molecule has 126 valence electrons. The van der Waals surface area contributed by atoms with Crippen LogP contribution in [0.25, 0.3) is 0 Å². The first kappa shape index (κ1) is 16.9. The molecule has 0 aromatic heterocycles. The number of hydrogen-bond donors (Lipinski definition) is 1. The van der Waals surface area contributed by atoms with Crippen molar-refractivity contribution in [2.75, 3.05) is 0 Å². The Bertz CT molecular complexity index is 731. The molecule has 0 heterocycles. The summed E-state index contributed by atoms with van der Waals surface area (Å²) in [5.74, 6) is 0. The van der Waals surface area contributed by atoms with E-state index in [2.05, 4.69) is 46.5 Å². The summed E-state index contributed by atoms with van der Waals surface area (Å²) in [6.07, 6.45) is 1.60. The Morgan fingerprint density at radius 2 is 1.16 bits per heavy atom. The highest BCUT2D eigenvalue weighted by molar-refractivity contribution is 5.66. The first-order valence-corrected chi connectivity index (χ1v) is 8.41. The zero-order valence-corrected chi connectivity index (χ0v) is 14.1. The summed E-state index contributed by atoms with van der Waals surface area (Å²) in [6.45, 7) is 1.53. The summed E-state index contributed by atoms with van der Waals surface area (Å²) in [6, 6.07) is 30.8. The van der Waals surface area contributed by atoms with Crippen LogP contribution in [0.2, 0.25) is 0 Å². The van der Waals surface area contributed by atoms with E-state index in [0.717, 1.165) is 18.7 Å². The first-order chi connectivity index (χ1) is 12.4. The molecular formula is C22H22N2O. The second-order valence-corrected chi connectivity index (χ2v) is 6.00. The second-order valence-electron chi connectivity index (χ2n) is 6.00. The lowest BCUT2D eigenvalue weighted by atomic mass is 10.0. The Balaban J connectivity index is 1.92. The van der Waals surface area contributed by atoms with Crippen molar-refractivity contribution in [2.45, 2.75) is 19.1 Å². The molecule has 25 heavy (non-hydrogen) atoms. The van der Waals surface area contributed by atoms with Crippen LogP contribution in [-0.2, 0) is 13.1 Å². The Hall–Kier alpha value is -2.91. The highest BCUT2D eigenvalue weighted by atomic mass is 16.4. The Labute approximate surface area is 148 Å². The minimum absolute atomic E-state index is 0.105. The maximum absolute atomic E-state index is 9.22. The van der Waals surface area contributed by atoms with Crippen molar-refractivity contribution in [1.29, 1.82) is 0 Å². The van der Waals surface area contributed by atoms with Crippen molar-refractivity contribution < 1.29 is 5.21 Å². The number of hydrogen-bond acceptors (Lipinski definition) is 3. The topological polar surface area (TPSA) is 35.8 Å². The van der Waals surface area contributed by atoms with Gasteiger partial charge in [-0.3, -0.25) is 4.90 Å². The van der Waals surface area contributed by atoms with Gasteiger partial charge in [-0.25, -0.2) is 0 Å². The molecule has 1 atom stereocenters. The van der Waals surface area contributed by atoms with E-state index in [1.54, 1.807) is 6.21 Å². The molecule has 0 aliphatic heterocycles. The van der Waals surface area contributed by atoms with E-state index in [9.17, 15) is 5.21 Å². The van der Waals surface area contributed by atoms with E-state index in [1.165, 1.54) is 11.1 Å². The molecule has 0 aliphatic carbocycles. The van der Waals surface area contributed by atoms with Gasteiger partial charge in [-0.05, 0) is 16.7 Å². The highest BCUT2D eigenvalue weighted by Gasteiger charge is 2.19. The quantitative estimate of drug-likeness (QED) is 0.380. The summed E-state index contributed by atoms with van der Waals surface area (Å²) >= 11 is 0. The summed E-state index contributed by atoms with van der Waals surface area (Å²) in [5, 5.41) is 12.6. The van der Waals surface area contributed by atoms with Crippen LogP contribution in [0.5, 0.6) is 0 Å². The van der Waals surface area contributed by atoms with Crippen LogP contribution >= 0.6 is 0 Å². The third-order valence-electron chi connectivity index (χ3n) is 4.20. The monoisotopic (exact) mass is 330 g/mol. The fourth-order valence-corrected chi connectivity index (χ4v) is 2.99. The molecule has 0 fully saturated rings. The smallest absolute Gasteiger partial charge is 0.0745 e. The number of benzene rings is 3. The maximum atomic E-state index is 9.22. The minimum atomic E-state index is -0.105. The van der Waals surface area contributed by atoms with Crippen LogP contribution in [0, 0.1) is 0 Å². The van der Waals surface area contributed by atoms with Gasteiger partial charge in [-0.2, -0.15) is 0 Å². The number of oxime groups is 1. The van der Waals surface area contributed by atoms with E-state index in [4.69, 9.17) is 0 Å². The lowest BCUT2D eigenvalue weighted by molar-refractivity contribution is 0.222. The highest BCUT2D eigenvalue weighted by Crippen LogP contribution is 2.24. The van der Waals surface area contributed by atoms with Gasteiger partial charge in [0, 0.05) is 13.1 Å². The Kier molecular flexibility index (Phi) is 5.96. The predicted octanol–water partition coefficient (Wildman–Crippen LogP) is 4.89. The average molecular weight is 330 g/mol. The molecule has 0 amide bonds. The summed E-state index contributed by atoms with van der Waals surface area (Å²) in [5.41, 5.74) is 3.56. The minimum Gasteiger partial charge on any atom is -0.411 e. The number of nitrogens with zero attached hydrogens (tertiary/aromatic N) is 2. The molecule has 0 bridgehead atoms. The van der Waals surface area contributed by atoms with Gasteiger partial charge in [0.2, 0.25) is 0 Å². The Morgan fingerprint density at radius 1 is 0.720 bits per heavy atom. The SMILES string of the molecule is O/N=C\C(c1ccccc1)N(Cc1ccccc1)Cc1ccccc1. The molecule has 1 unspecified atom stereocenters. The fraction of sp³-hybridized carbons (Fsp3) is 0.136. The fourth-order valence-electron chi connectivity index (χ4n) is 2.99. The molecule has 0 aliphatic rings. The summed E-state index contributed by atoms with van der Waals surface area (Å²) < 4.78 is 0. The van der Waals surface area contributed by atoms with E-state index >= 15 is 0 Å². The average Bonchev–Trinajstić information content (AvgIpc) is 2.68. The zero-order valence-electron chi connectivity index (χ0n) is 14.1. The third-order valence-corrected chi connectivity index (χ3v) is 4.20. The Morgan fingerprint density at radius 3 is 1.60 bits per heavy atom. The lowest BCUT2D eigenvalue weighted by Gasteiger charge is -2.29. The molecule has 0 spiro atoms. The van der Waals surface area contributed by atoms with E-state index in [1.807, 2.05) is 54.6 Å². The first-order valence-electron chi connectivity index (χ1n) is 8.41. The molecule has 0 saturated carbocycles. The van der Waals surface area contributed by atoms with Crippen molar-refractivity contribution >= 4 is 6.21 Å². The largest absolute Gasteiger partial charge is 0.411 e. The van der Waals surface area contributed by atoms with Crippen molar-refractivity contribution in [3.8, 4) is 0 Å². The van der Waals surface area contributed by atoms with Gasteiger partial charge in [0.25, 0.3) is 0 Å². The van der Waals surface area contributed by atoms with Gasteiger partial charge < -0.3 is 5.21 Å². The zero-order chi connectivity index (χ0) is 17.3. The van der Waals surface area contributed by atoms with Gasteiger partial charge in [-0.1, -0.05) is 91.0 Å². The van der Waals surface area contributed by atoms with Crippen molar-refractivity contribution in [3.63, 3.8) is 0 Å². The molecule has 3 aromatic carbocycles. The van der Waals surface area contributed by atoms with Crippen LogP contribution < -0.4 is 0 Å². The second kappa shape index (κ2) is 8.81.